The largest absolute Gasteiger partial charge is 0.493 e. The number of nitrogens with one attached hydrogen (secondary N) is 1. The molecule has 2 N–H and O–H groups in total. The Kier molecular flexibility index (Phi) is 6.69. The first-order valence-corrected chi connectivity index (χ1v) is 7.57. The van der Waals surface area contributed by atoms with E-state index >= 15 is 0 Å². The molecule has 4 nitrogen and oxygen atoms in total. The maximum absolute atomic E-state index is 12.0. The van der Waals surface area contributed by atoms with Gasteiger partial charge in [-0.25, -0.2) is 0 Å². The zero-order valence-electron chi connectivity index (χ0n) is 13.5. The Balaban J connectivity index is 2.46. The normalized spacial score (nSPS) is 11.3. The molecule has 0 atom stereocenters. The molecule has 0 aliphatic heterocycles. The second-order valence-electron chi connectivity index (χ2n) is 5.62. The first-order valence-electron chi connectivity index (χ1n) is 7.57. The van der Waals surface area contributed by atoms with Gasteiger partial charge in [0.05, 0.1) is 25.2 Å². The molecule has 1 aromatic rings. The van der Waals surface area contributed by atoms with Crippen LogP contribution in [0.5, 0.6) is 5.75 Å². The molecule has 0 saturated carbocycles. The molecule has 0 spiro atoms. The van der Waals surface area contributed by atoms with Crippen LogP contribution >= 0.6 is 0 Å². The quantitative estimate of drug-likeness (QED) is 0.775. The van der Waals surface area contributed by atoms with Gasteiger partial charge in [0.1, 0.15) is 5.75 Å². The molecule has 0 fully saturated rings. The van der Waals surface area contributed by atoms with Gasteiger partial charge in [0.2, 0.25) is 5.91 Å². The second kappa shape index (κ2) is 8.03. The summed E-state index contributed by atoms with van der Waals surface area (Å²) in [7, 11) is 0. The van der Waals surface area contributed by atoms with Crippen LogP contribution in [0, 0.1) is 13.8 Å². The summed E-state index contributed by atoms with van der Waals surface area (Å²) in [4.78, 5) is 12.0. The number of hydrogen-bond donors (Lipinski definition) is 2. The van der Waals surface area contributed by atoms with Gasteiger partial charge in [0, 0.05) is 0 Å². The van der Waals surface area contributed by atoms with Crippen molar-refractivity contribution in [3.05, 3.63) is 29.3 Å². The number of hydrogen-bond acceptors (Lipinski definition) is 3. The van der Waals surface area contributed by atoms with Gasteiger partial charge in [0.25, 0.3) is 0 Å². The summed E-state index contributed by atoms with van der Waals surface area (Å²) >= 11 is 0. The topological polar surface area (TPSA) is 58.6 Å². The van der Waals surface area contributed by atoms with E-state index in [1.807, 2.05) is 39.8 Å². The van der Waals surface area contributed by atoms with E-state index in [0.717, 1.165) is 16.9 Å². The van der Waals surface area contributed by atoms with Crippen molar-refractivity contribution in [3.63, 3.8) is 0 Å². The minimum Gasteiger partial charge on any atom is -0.493 e. The van der Waals surface area contributed by atoms with Crippen LogP contribution in [-0.2, 0) is 4.79 Å². The summed E-state index contributed by atoms with van der Waals surface area (Å²) in [6.07, 6.45) is 1.71. The van der Waals surface area contributed by atoms with Gasteiger partial charge in [-0.3, -0.25) is 4.79 Å². The molecule has 0 aliphatic rings. The van der Waals surface area contributed by atoms with Crippen molar-refractivity contribution >= 4 is 5.91 Å². The maximum Gasteiger partial charge on any atom is 0.223 e. The van der Waals surface area contributed by atoms with Crippen molar-refractivity contribution in [1.82, 2.24) is 5.32 Å². The molecule has 0 radical (unpaired) electrons. The Hall–Kier alpha value is -1.55. The predicted molar refractivity (Wildman–Crippen MR) is 84.6 cm³/mol. The molecule has 0 unspecified atom stereocenters. The zero-order chi connectivity index (χ0) is 15.9. The smallest absolute Gasteiger partial charge is 0.223 e. The van der Waals surface area contributed by atoms with Crippen LogP contribution in [0.15, 0.2) is 18.2 Å². The summed E-state index contributed by atoms with van der Waals surface area (Å²) in [5.41, 5.74) is 1.79. The third-order valence-corrected chi connectivity index (χ3v) is 3.85. The Morgan fingerprint density at radius 2 is 1.76 bits per heavy atom. The summed E-state index contributed by atoms with van der Waals surface area (Å²) in [6.45, 7) is 8.26. The van der Waals surface area contributed by atoms with Gasteiger partial charge in [-0.2, -0.15) is 0 Å². The molecule has 0 saturated heterocycles. The first kappa shape index (κ1) is 17.5. The Morgan fingerprint density at radius 3 is 2.24 bits per heavy atom. The fraction of sp³-hybridized carbons (Fsp3) is 0.588. The summed E-state index contributed by atoms with van der Waals surface area (Å²) in [5.74, 6) is 0.705. The number of rotatable bonds is 8. The van der Waals surface area contributed by atoms with Crippen LogP contribution in [0.4, 0.5) is 0 Å². The van der Waals surface area contributed by atoms with Crippen molar-refractivity contribution in [3.8, 4) is 5.75 Å². The van der Waals surface area contributed by atoms with E-state index in [2.05, 4.69) is 11.4 Å². The number of ether oxygens (including phenoxy) is 1. The number of carbonyl (C=O) groups excluding carboxylic acids is 1. The van der Waals surface area contributed by atoms with Crippen molar-refractivity contribution in [2.24, 2.45) is 0 Å². The molecule has 21 heavy (non-hydrogen) atoms. The van der Waals surface area contributed by atoms with Crippen molar-refractivity contribution in [1.29, 1.82) is 0 Å². The van der Waals surface area contributed by atoms with Crippen LogP contribution < -0.4 is 10.1 Å². The molecule has 1 rings (SSSR count). The molecule has 1 aromatic carbocycles. The van der Waals surface area contributed by atoms with Crippen LogP contribution in [-0.4, -0.2) is 29.8 Å². The Labute approximate surface area is 127 Å². The Bertz CT molecular complexity index is 439. The van der Waals surface area contributed by atoms with E-state index in [0.29, 0.717) is 19.4 Å². The lowest BCUT2D eigenvalue weighted by atomic mass is 9.94. The highest BCUT2D eigenvalue weighted by atomic mass is 16.5. The molecular formula is C17H27NO3. The first-order chi connectivity index (χ1) is 9.94. The van der Waals surface area contributed by atoms with Crippen LogP contribution in [0.25, 0.3) is 0 Å². The van der Waals surface area contributed by atoms with E-state index in [1.54, 1.807) is 0 Å². The zero-order valence-corrected chi connectivity index (χ0v) is 13.5. The monoisotopic (exact) mass is 293 g/mol. The fourth-order valence-corrected chi connectivity index (χ4v) is 2.33. The number of aliphatic hydroxyl groups is 1. The number of carbonyl (C=O) groups is 1. The number of amides is 1. The molecule has 4 heteroatoms. The van der Waals surface area contributed by atoms with E-state index < -0.39 is 5.54 Å². The van der Waals surface area contributed by atoms with Gasteiger partial charge < -0.3 is 15.2 Å². The Morgan fingerprint density at radius 1 is 1.19 bits per heavy atom. The highest BCUT2D eigenvalue weighted by Gasteiger charge is 2.26. The summed E-state index contributed by atoms with van der Waals surface area (Å²) in [6, 6.07) is 6.00. The van der Waals surface area contributed by atoms with Gasteiger partial charge in [-0.1, -0.05) is 19.9 Å². The molecule has 1 amide bonds. The van der Waals surface area contributed by atoms with Crippen molar-refractivity contribution < 1.29 is 14.6 Å². The van der Waals surface area contributed by atoms with E-state index in [-0.39, 0.29) is 18.9 Å². The molecular weight excluding hydrogens is 266 g/mol. The van der Waals surface area contributed by atoms with Crippen LogP contribution in [0.3, 0.4) is 0 Å². The minimum absolute atomic E-state index is 0.0380. The number of aryl methyl sites for hydroxylation is 2. The summed E-state index contributed by atoms with van der Waals surface area (Å²) in [5, 5.41) is 12.4. The predicted octanol–water partition coefficient (Wildman–Crippen LogP) is 2.74. The second-order valence-corrected chi connectivity index (χ2v) is 5.62. The molecule has 0 aliphatic carbocycles. The van der Waals surface area contributed by atoms with E-state index in [1.165, 1.54) is 0 Å². The van der Waals surface area contributed by atoms with Gasteiger partial charge in [-0.15, -0.1) is 0 Å². The lowest BCUT2D eigenvalue weighted by Gasteiger charge is -2.30. The highest BCUT2D eigenvalue weighted by molar-refractivity contribution is 5.76. The van der Waals surface area contributed by atoms with Gasteiger partial charge in [-0.05, 0) is 49.9 Å². The summed E-state index contributed by atoms with van der Waals surface area (Å²) < 4.78 is 5.63. The third-order valence-electron chi connectivity index (χ3n) is 3.85. The lowest BCUT2D eigenvalue weighted by molar-refractivity contribution is -0.124. The molecule has 0 bridgehead atoms. The molecule has 118 valence electrons. The van der Waals surface area contributed by atoms with E-state index in [9.17, 15) is 9.90 Å². The van der Waals surface area contributed by atoms with Crippen molar-refractivity contribution in [2.75, 3.05) is 13.2 Å². The maximum atomic E-state index is 12.0. The standard InChI is InChI=1S/C17H27NO3/c1-5-17(6-2,12-19)18-16(20)7-8-21-15-10-13(3)9-14(4)11-15/h9-11,19H,5-8,12H2,1-4H3,(H,18,20). The van der Waals surface area contributed by atoms with Crippen LogP contribution in [0.2, 0.25) is 0 Å². The van der Waals surface area contributed by atoms with Gasteiger partial charge >= 0.3 is 0 Å². The SMILES string of the molecule is CCC(CC)(CO)NC(=O)CCOc1cc(C)cc(C)c1. The third kappa shape index (κ3) is 5.38. The fourth-order valence-electron chi connectivity index (χ4n) is 2.33. The average Bonchev–Trinajstić information content (AvgIpc) is 2.44. The van der Waals surface area contributed by atoms with Crippen molar-refractivity contribution in [2.45, 2.75) is 52.5 Å². The lowest BCUT2D eigenvalue weighted by Crippen LogP contribution is -2.50. The van der Waals surface area contributed by atoms with Gasteiger partial charge in [0.15, 0.2) is 0 Å². The number of aliphatic hydroxyl groups excluding tert-OH is 1. The highest BCUT2D eigenvalue weighted by Crippen LogP contribution is 2.17. The average molecular weight is 293 g/mol. The number of benzene rings is 1. The molecule has 0 heterocycles. The minimum atomic E-state index is -0.503. The molecule has 0 aromatic heterocycles. The van der Waals surface area contributed by atoms with Crippen LogP contribution in [0.1, 0.15) is 44.2 Å². The van der Waals surface area contributed by atoms with E-state index in [4.69, 9.17) is 4.74 Å².